The lowest BCUT2D eigenvalue weighted by Crippen LogP contribution is -2.70. The van der Waals surface area contributed by atoms with E-state index < -0.39 is 0 Å². The zero-order valence-electron chi connectivity index (χ0n) is 3.52. The standard InChI is InChI=1S/C4H6NP/c1-3-6-4-2-5-1/h1,3H,2,4H2/p+1. The summed E-state index contributed by atoms with van der Waals surface area (Å²) in [5.74, 6) is 2.13. The molecule has 0 saturated heterocycles. The highest BCUT2D eigenvalue weighted by molar-refractivity contribution is 7.40. The van der Waals surface area contributed by atoms with Crippen LogP contribution < -0.4 is 4.99 Å². The van der Waals surface area contributed by atoms with Gasteiger partial charge in [0.15, 0.2) is 6.21 Å². The largest absolute Gasteiger partial charge is 0.247 e. The summed E-state index contributed by atoms with van der Waals surface area (Å²) < 4.78 is 0. The highest BCUT2D eigenvalue weighted by Gasteiger charge is 1.85. The van der Waals surface area contributed by atoms with Crippen molar-refractivity contribution in [1.82, 2.24) is 0 Å². The van der Waals surface area contributed by atoms with Gasteiger partial charge < -0.3 is 0 Å². The van der Waals surface area contributed by atoms with E-state index in [0.29, 0.717) is 0 Å². The first kappa shape index (κ1) is 4.01. The molecule has 0 fully saturated rings. The van der Waals surface area contributed by atoms with Crippen LogP contribution in [-0.2, 0) is 0 Å². The number of hydrogen-bond donors (Lipinski definition) is 1. The highest BCUT2D eigenvalue weighted by atomic mass is 31.1. The molecule has 0 bridgehead atoms. The predicted molar refractivity (Wildman–Crippen MR) is 29.7 cm³/mol. The summed E-state index contributed by atoms with van der Waals surface area (Å²) in [4.78, 5) is 3.10. The first-order valence-corrected chi connectivity index (χ1v) is 3.20. The van der Waals surface area contributed by atoms with Crippen molar-refractivity contribution in [2.75, 3.05) is 12.7 Å². The average Bonchev–Trinajstić information content (AvgIpc) is 1.72. The number of rotatable bonds is 0. The molecule has 1 nitrogen and oxygen atoms in total. The van der Waals surface area contributed by atoms with E-state index in [1.54, 1.807) is 0 Å². The van der Waals surface area contributed by atoms with Gasteiger partial charge in [-0.2, -0.15) is 0 Å². The molecule has 0 saturated carbocycles. The molecule has 1 N–H and O–H groups in total. The van der Waals surface area contributed by atoms with Crippen molar-refractivity contribution in [2.45, 2.75) is 0 Å². The van der Waals surface area contributed by atoms with Crippen molar-refractivity contribution in [2.24, 2.45) is 0 Å². The molecule has 6 heavy (non-hydrogen) atoms. The molecule has 0 aromatic carbocycles. The fourth-order valence-corrected chi connectivity index (χ4v) is 1.01. The van der Waals surface area contributed by atoms with Crippen LogP contribution in [0.5, 0.6) is 0 Å². The summed E-state index contributed by atoms with van der Waals surface area (Å²) in [5, 5.41) is 0. The molecule has 0 amide bonds. The number of hydrogen-bond acceptors (Lipinski definition) is 0. The van der Waals surface area contributed by atoms with Gasteiger partial charge in [-0.05, 0) is 0 Å². The van der Waals surface area contributed by atoms with E-state index in [1.165, 1.54) is 14.4 Å². The van der Waals surface area contributed by atoms with Gasteiger partial charge in [0.05, 0.1) is 0 Å². The van der Waals surface area contributed by atoms with E-state index in [2.05, 4.69) is 10.8 Å². The van der Waals surface area contributed by atoms with E-state index in [4.69, 9.17) is 0 Å². The maximum absolute atomic E-state index is 3.10. The van der Waals surface area contributed by atoms with Crippen LogP contribution in [0.4, 0.5) is 0 Å². The first-order chi connectivity index (χ1) is 3.00. The quantitative estimate of drug-likeness (QED) is 0.371. The second kappa shape index (κ2) is 2.09. The van der Waals surface area contributed by atoms with Crippen molar-refractivity contribution < 1.29 is 4.99 Å². The fourth-order valence-electron chi connectivity index (χ4n) is 0.392. The molecule has 0 aromatic heterocycles. The Hall–Kier alpha value is -0.160. The van der Waals surface area contributed by atoms with Crippen LogP contribution in [0.15, 0.2) is 0 Å². The van der Waals surface area contributed by atoms with Gasteiger partial charge in [-0.1, -0.05) is 8.20 Å². The summed E-state index contributed by atoms with van der Waals surface area (Å²) in [7, 11) is 1.46. The van der Waals surface area contributed by atoms with Crippen LogP contribution >= 0.6 is 8.20 Å². The van der Waals surface area contributed by atoms with Gasteiger partial charge in [0.2, 0.25) is 0 Å². The summed E-state index contributed by atoms with van der Waals surface area (Å²) >= 11 is 0. The molecular formula is C4H7NP+. The van der Waals surface area contributed by atoms with E-state index in [9.17, 15) is 0 Å². The van der Waals surface area contributed by atoms with Crippen LogP contribution in [-0.4, -0.2) is 24.7 Å². The topological polar surface area (TPSA) is 14.0 Å². The maximum atomic E-state index is 3.10. The van der Waals surface area contributed by atoms with Crippen LogP contribution in [0.25, 0.3) is 0 Å². The minimum atomic E-state index is 1.15. The van der Waals surface area contributed by atoms with E-state index in [-0.39, 0.29) is 0 Å². The Kier molecular flexibility index (Phi) is 1.40. The third-order valence-electron chi connectivity index (χ3n) is 0.683. The van der Waals surface area contributed by atoms with Gasteiger partial charge in [-0.25, -0.2) is 4.99 Å². The third kappa shape index (κ3) is 0.908. The molecule has 0 atom stereocenters. The van der Waals surface area contributed by atoms with Crippen LogP contribution in [0.1, 0.15) is 0 Å². The summed E-state index contributed by atoms with van der Waals surface area (Å²) in [6.07, 6.45) is 3.28. The van der Waals surface area contributed by atoms with Gasteiger partial charge >= 0.3 is 0 Å². The lowest BCUT2D eigenvalue weighted by atomic mass is 10.7. The molecule has 1 heterocycles. The minimum Gasteiger partial charge on any atom is -0.247 e. The van der Waals surface area contributed by atoms with E-state index >= 15 is 0 Å². The molecule has 0 radical (unpaired) electrons. The lowest BCUT2D eigenvalue weighted by Gasteiger charge is -1.81. The van der Waals surface area contributed by atoms with E-state index in [1.807, 2.05) is 6.21 Å². The van der Waals surface area contributed by atoms with Crippen molar-refractivity contribution in [3.8, 4) is 0 Å². The SMILES string of the molecule is C1=[NH+]CCP=C1. The zero-order valence-corrected chi connectivity index (χ0v) is 4.41. The molecule has 2 heteroatoms. The Labute approximate surface area is 38.9 Å². The second-order valence-electron chi connectivity index (χ2n) is 1.18. The Morgan fingerprint density at radius 3 is 2.83 bits per heavy atom. The van der Waals surface area contributed by atoms with Gasteiger partial charge in [0.1, 0.15) is 6.54 Å². The molecular weight excluding hydrogens is 93.0 g/mol. The van der Waals surface area contributed by atoms with Crippen molar-refractivity contribution in [3.63, 3.8) is 0 Å². The Bertz CT molecular complexity index is 73.5. The minimum absolute atomic E-state index is 1.15. The van der Waals surface area contributed by atoms with Gasteiger partial charge in [-0.15, -0.1) is 0 Å². The molecule has 1 rings (SSSR count). The molecule has 1 aliphatic rings. The predicted octanol–water partition coefficient (Wildman–Crippen LogP) is -1.10. The van der Waals surface area contributed by atoms with Crippen molar-refractivity contribution in [1.29, 1.82) is 0 Å². The normalized spacial score (nSPS) is 21.3. The van der Waals surface area contributed by atoms with Crippen molar-refractivity contribution >= 4 is 20.2 Å². The number of nitrogens with one attached hydrogen (secondary N) is 1. The van der Waals surface area contributed by atoms with Gasteiger partial charge in [-0.3, -0.25) is 0 Å². The summed E-state index contributed by atoms with van der Waals surface area (Å²) in [6.45, 7) is 1.15. The van der Waals surface area contributed by atoms with Gasteiger partial charge in [0.25, 0.3) is 0 Å². The Morgan fingerprint density at radius 2 is 2.67 bits per heavy atom. The Balaban J connectivity index is 2.46. The van der Waals surface area contributed by atoms with E-state index in [0.717, 1.165) is 6.54 Å². The maximum Gasteiger partial charge on any atom is 0.166 e. The first-order valence-electron chi connectivity index (χ1n) is 2.05. The molecule has 0 spiro atoms. The second-order valence-corrected chi connectivity index (χ2v) is 2.29. The third-order valence-corrected chi connectivity index (χ3v) is 1.52. The molecule has 1 aliphatic heterocycles. The fraction of sp³-hybridized carbons (Fsp3) is 0.500. The van der Waals surface area contributed by atoms with Crippen molar-refractivity contribution in [3.05, 3.63) is 0 Å². The summed E-state index contributed by atoms with van der Waals surface area (Å²) in [5.41, 5.74) is 0. The molecule has 0 unspecified atom stereocenters. The molecule has 0 aromatic rings. The smallest absolute Gasteiger partial charge is 0.166 e. The average molecular weight is 100 g/mol. The highest BCUT2D eigenvalue weighted by Crippen LogP contribution is 1.86. The van der Waals surface area contributed by atoms with Crippen LogP contribution in [0, 0.1) is 0 Å². The van der Waals surface area contributed by atoms with Crippen LogP contribution in [0.3, 0.4) is 0 Å². The Morgan fingerprint density at radius 1 is 1.67 bits per heavy atom. The molecule has 0 aliphatic carbocycles. The summed E-state index contributed by atoms with van der Waals surface area (Å²) in [6, 6.07) is 0. The zero-order chi connectivity index (χ0) is 4.24. The van der Waals surface area contributed by atoms with Crippen LogP contribution in [0.2, 0.25) is 0 Å². The molecule has 32 valence electrons. The lowest BCUT2D eigenvalue weighted by molar-refractivity contribution is -0.444. The van der Waals surface area contributed by atoms with Gasteiger partial charge in [0, 0.05) is 12.0 Å². The monoisotopic (exact) mass is 100 g/mol.